The van der Waals surface area contributed by atoms with Gasteiger partial charge in [0.2, 0.25) is 10.0 Å². The molecule has 1 unspecified atom stereocenters. The van der Waals surface area contributed by atoms with E-state index in [0.717, 1.165) is 17.5 Å². The number of aromatic carboxylic acids is 1. The van der Waals surface area contributed by atoms with Crippen molar-refractivity contribution in [3.8, 4) is 0 Å². The van der Waals surface area contributed by atoms with Gasteiger partial charge in [-0.2, -0.15) is 0 Å². The summed E-state index contributed by atoms with van der Waals surface area (Å²) in [6, 6.07) is 4.60. The minimum atomic E-state index is -3.34. The van der Waals surface area contributed by atoms with Crippen LogP contribution in [0.2, 0.25) is 0 Å². The van der Waals surface area contributed by atoms with Crippen LogP contribution in [0.3, 0.4) is 0 Å². The van der Waals surface area contributed by atoms with Crippen molar-refractivity contribution < 1.29 is 18.3 Å². The van der Waals surface area contributed by atoms with E-state index < -0.39 is 16.0 Å². The zero-order valence-electron chi connectivity index (χ0n) is 11.6. The largest absolute Gasteiger partial charge is 0.478 e. The maximum atomic E-state index is 12.0. The van der Waals surface area contributed by atoms with Crippen molar-refractivity contribution in [2.45, 2.75) is 32.7 Å². The molecule has 1 aromatic carbocycles. The van der Waals surface area contributed by atoms with E-state index in [2.05, 4.69) is 4.72 Å². The lowest BCUT2D eigenvalue weighted by Gasteiger charge is -2.16. The van der Waals surface area contributed by atoms with Gasteiger partial charge in [-0.1, -0.05) is 19.9 Å². The molecule has 1 aromatic rings. The minimum Gasteiger partial charge on any atom is -0.478 e. The van der Waals surface area contributed by atoms with Crippen molar-refractivity contribution >= 4 is 16.0 Å². The van der Waals surface area contributed by atoms with E-state index in [1.807, 2.05) is 13.8 Å². The quantitative estimate of drug-likeness (QED) is 0.870. The smallest absolute Gasteiger partial charge is 0.335 e. The van der Waals surface area contributed by atoms with Gasteiger partial charge in [-0.25, -0.2) is 17.9 Å². The third-order valence-corrected chi connectivity index (χ3v) is 5.09. The van der Waals surface area contributed by atoms with Crippen LogP contribution >= 0.6 is 0 Å². The third kappa shape index (κ3) is 3.37. The molecule has 2 N–H and O–H groups in total. The standard InChI is InChI=1S/C14H19NO4S/c1-9(2)8-20(18,19)15-13-6-5-10-3-4-11(14(16)17)7-12(10)13/h3-4,7,9,13,15H,5-6,8H2,1-2H3,(H,16,17). The summed E-state index contributed by atoms with van der Waals surface area (Å²) in [5.74, 6) is -0.862. The van der Waals surface area contributed by atoms with Crippen molar-refractivity contribution in [2.24, 2.45) is 5.92 Å². The molecular weight excluding hydrogens is 278 g/mol. The fourth-order valence-electron chi connectivity index (χ4n) is 2.56. The van der Waals surface area contributed by atoms with Crippen LogP contribution in [-0.4, -0.2) is 25.2 Å². The summed E-state index contributed by atoms with van der Waals surface area (Å²) in [7, 11) is -3.34. The van der Waals surface area contributed by atoms with Crippen molar-refractivity contribution in [2.75, 3.05) is 5.75 Å². The van der Waals surface area contributed by atoms with Gasteiger partial charge >= 0.3 is 5.97 Å². The highest BCUT2D eigenvalue weighted by Gasteiger charge is 2.27. The van der Waals surface area contributed by atoms with E-state index in [0.29, 0.717) is 6.42 Å². The molecule has 0 amide bonds. The lowest BCUT2D eigenvalue weighted by molar-refractivity contribution is 0.0696. The summed E-state index contributed by atoms with van der Waals surface area (Å²) < 4.78 is 26.7. The Morgan fingerprint density at radius 3 is 2.75 bits per heavy atom. The average Bonchev–Trinajstić information content (AvgIpc) is 2.69. The third-order valence-electron chi connectivity index (χ3n) is 3.35. The molecule has 0 aromatic heterocycles. The summed E-state index contributed by atoms with van der Waals surface area (Å²) in [5, 5.41) is 9.02. The molecule has 110 valence electrons. The molecule has 1 aliphatic rings. The van der Waals surface area contributed by atoms with Crippen LogP contribution in [0.15, 0.2) is 18.2 Å². The molecular formula is C14H19NO4S. The Labute approximate surface area is 119 Å². The van der Waals surface area contributed by atoms with Crippen molar-refractivity contribution in [3.63, 3.8) is 0 Å². The molecule has 0 heterocycles. The Bertz CT molecular complexity index is 622. The molecule has 20 heavy (non-hydrogen) atoms. The number of benzene rings is 1. The SMILES string of the molecule is CC(C)CS(=O)(=O)NC1CCc2ccc(C(=O)O)cc21. The first-order valence-corrected chi connectivity index (χ1v) is 8.30. The number of carboxylic acid groups (broad SMARTS) is 1. The Kier molecular flexibility index (Phi) is 4.15. The topological polar surface area (TPSA) is 83.5 Å². The van der Waals surface area contributed by atoms with Gasteiger partial charge < -0.3 is 5.11 Å². The van der Waals surface area contributed by atoms with Crippen molar-refractivity contribution in [1.29, 1.82) is 0 Å². The van der Waals surface area contributed by atoms with Crippen LogP contribution < -0.4 is 4.72 Å². The number of fused-ring (bicyclic) bond motifs is 1. The normalized spacial score (nSPS) is 18.2. The first kappa shape index (κ1) is 15.0. The fourth-order valence-corrected chi connectivity index (χ4v) is 4.21. The second-order valence-electron chi connectivity index (χ2n) is 5.60. The van der Waals surface area contributed by atoms with Crippen molar-refractivity contribution in [3.05, 3.63) is 34.9 Å². The summed E-state index contributed by atoms with van der Waals surface area (Å²) in [5.41, 5.74) is 2.00. The average molecular weight is 297 g/mol. The lowest BCUT2D eigenvalue weighted by atomic mass is 10.0. The molecule has 0 spiro atoms. The van der Waals surface area contributed by atoms with Gasteiger partial charge in [-0.3, -0.25) is 0 Å². The van der Waals surface area contributed by atoms with Gasteiger partial charge in [-0.15, -0.1) is 0 Å². The predicted octanol–water partition coefficient (Wildman–Crippen LogP) is 1.95. The number of hydrogen-bond donors (Lipinski definition) is 2. The van der Waals surface area contributed by atoms with E-state index in [9.17, 15) is 13.2 Å². The van der Waals surface area contributed by atoms with Crippen LogP contribution in [0.4, 0.5) is 0 Å². The van der Waals surface area contributed by atoms with Gasteiger partial charge in [-0.05, 0) is 42.0 Å². The summed E-state index contributed by atoms with van der Waals surface area (Å²) in [6.07, 6.45) is 1.44. The molecule has 5 nitrogen and oxygen atoms in total. The summed E-state index contributed by atoms with van der Waals surface area (Å²) in [6.45, 7) is 3.70. The van der Waals surface area contributed by atoms with E-state index in [-0.39, 0.29) is 23.3 Å². The first-order valence-electron chi connectivity index (χ1n) is 6.64. The number of carboxylic acids is 1. The molecule has 0 fully saturated rings. The van der Waals surface area contributed by atoms with Gasteiger partial charge in [0, 0.05) is 6.04 Å². The molecule has 2 rings (SSSR count). The zero-order chi connectivity index (χ0) is 14.9. The first-order chi connectivity index (χ1) is 9.28. The molecule has 0 saturated carbocycles. The number of hydrogen-bond acceptors (Lipinski definition) is 3. The highest BCUT2D eigenvalue weighted by Crippen LogP contribution is 2.32. The van der Waals surface area contributed by atoms with E-state index >= 15 is 0 Å². The molecule has 1 atom stereocenters. The maximum absolute atomic E-state index is 12.0. The summed E-state index contributed by atoms with van der Waals surface area (Å²) in [4.78, 5) is 11.0. The Balaban J connectivity index is 2.23. The van der Waals surface area contributed by atoms with Crippen LogP contribution in [0, 0.1) is 5.92 Å². The summed E-state index contributed by atoms with van der Waals surface area (Å²) >= 11 is 0. The molecule has 1 aliphatic carbocycles. The number of nitrogens with one attached hydrogen (secondary N) is 1. The van der Waals surface area contributed by atoms with Crippen molar-refractivity contribution in [1.82, 2.24) is 4.72 Å². The Morgan fingerprint density at radius 2 is 2.15 bits per heavy atom. The van der Waals surface area contributed by atoms with Gasteiger partial charge in [0.05, 0.1) is 11.3 Å². The lowest BCUT2D eigenvalue weighted by Crippen LogP contribution is -2.31. The number of aryl methyl sites for hydroxylation is 1. The fraction of sp³-hybridized carbons (Fsp3) is 0.500. The molecule has 6 heteroatoms. The van der Waals surface area contributed by atoms with Gasteiger partial charge in [0.15, 0.2) is 0 Å². The van der Waals surface area contributed by atoms with Crippen LogP contribution in [-0.2, 0) is 16.4 Å². The van der Waals surface area contributed by atoms with E-state index in [1.165, 1.54) is 0 Å². The second kappa shape index (κ2) is 5.54. The Morgan fingerprint density at radius 1 is 1.45 bits per heavy atom. The minimum absolute atomic E-state index is 0.0544. The number of sulfonamides is 1. The molecule has 0 bridgehead atoms. The Hall–Kier alpha value is -1.40. The van der Waals surface area contributed by atoms with E-state index in [4.69, 9.17) is 5.11 Å². The predicted molar refractivity (Wildman–Crippen MR) is 76.2 cm³/mol. The highest BCUT2D eigenvalue weighted by molar-refractivity contribution is 7.89. The van der Waals surface area contributed by atoms with E-state index in [1.54, 1.807) is 18.2 Å². The molecule has 0 aliphatic heterocycles. The maximum Gasteiger partial charge on any atom is 0.335 e. The van der Waals surface area contributed by atoms with Gasteiger partial charge in [0.25, 0.3) is 0 Å². The number of rotatable bonds is 5. The molecule has 0 saturated heterocycles. The number of carbonyl (C=O) groups is 1. The van der Waals surface area contributed by atoms with Crippen LogP contribution in [0.25, 0.3) is 0 Å². The van der Waals surface area contributed by atoms with Crippen LogP contribution in [0.1, 0.15) is 47.8 Å². The highest BCUT2D eigenvalue weighted by atomic mass is 32.2. The van der Waals surface area contributed by atoms with Gasteiger partial charge in [0.1, 0.15) is 0 Å². The van der Waals surface area contributed by atoms with Crippen LogP contribution in [0.5, 0.6) is 0 Å². The second-order valence-corrected chi connectivity index (χ2v) is 7.40. The zero-order valence-corrected chi connectivity index (χ0v) is 12.4. The molecule has 0 radical (unpaired) electrons. The monoisotopic (exact) mass is 297 g/mol.